The Morgan fingerprint density at radius 1 is 1.18 bits per heavy atom. The highest BCUT2D eigenvalue weighted by molar-refractivity contribution is 6.67. The van der Waals surface area contributed by atoms with Gasteiger partial charge in [-0.05, 0) is 12.1 Å². The van der Waals surface area contributed by atoms with Crippen LogP contribution in [0.3, 0.4) is 0 Å². The van der Waals surface area contributed by atoms with Gasteiger partial charge in [0.2, 0.25) is 3.79 Å². The molecule has 0 atom stereocenters. The summed E-state index contributed by atoms with van der Waals surface area (Å²) >= 11 is 16.2. The van der Waals surface area contributed by atoms with Gasteiger partial charge in [0.05, 0.1) is 11.1 Å². The van der Waals surface area contributed by atoms with Gasteiger partial charge >= 0.3 is 11.9 Å². The number of rotatable bonds is 3. The van der Waals surface area contributed by atoms with Crippen molar-refractivity contribution in [2.45, 2.75) is 3.79 Å². The van der Waals surface area contributed by atoms with Crippen LogP contribution in [0.25, 0.3) is 0 Å². The molecule has 0 fully saturated rings. The highest BCUT2D eigenvalue weighted by Gasteiger charge is 2.24. The van der Waals surface area contributed by atoms with Crippen LogP contribution < -0.4 is 0 Å². The molecule has 1 N–H and O–H groups in total. The minimum Gasteiger partial charge on any atom is -0.478 e. The Morgan fingerprint density at radius 2 is 1.71 bits per heavy atom. The van der Waals surface area contributed by atoms with Crippen LogP contribution in [-0.4, -0.2) is 27.4 Å². The van der Waals surface area contributed by atoms with Gasteiger partial charge in [0.1, 0.15) is 6.61 Å². The Labute approximate surface area is 112 Å². The Morgan fingerprint density at radius 3 is 2.18 bits per heavy atom. The number of hydrogen-bond acceptors (Lipinski definition) is 3. The van der Waals surface area contributed by atoms with E-state index < -0.39 is 22.3 Å². The zero-order valence-corrected chi connectivity index (χ0v) is 10.6. The second-order valence-electron chi connectivity index (χ2n) is 3.04. The smallest absolute Gasteiger partial charge is 0.339 e. The van der Waals surface area contributed by atoms with Crippen molar-refractivity contribution < 1.29 is 19.4 Å². The van der Waals surface area contributed by atoms with Crippen LogP contribution in [0.5, 0.6) is 0 Å². The van der Waals surface area contributed by atoms with E-state index in [0.717, 1.165) is 0 Å². The van der Waals surface area contributed by atoms with Gasteiger partial charge in [0, 0.05) is 0 Å². The maximum Gasteiger partial charge on any atom is 0.339 e. The number of alkyl halides is 3. The van der Waals surface area contributed by atoms with Crippen molar-refractivity contribution in [3.63, 3.8) is 0 Å². The van der Waals surface area contributed by atoms with Crippen LogP contribution in [-0.2, 0) is 4.74 Å². The Bertz CT molecular complexity index is 439. The predicted octanol–water partition coefficient (Wildman–Crippen LogP) is 2.91. The maximum atomic E-state index is 11.6. The van der Waals surface area contributed by atoms with Crippen molar-refractivity contribution in [1.29, 1.82) is 0 Å². The number of aromatic carboxylic acids is 1. The molecule has 17 heavy (non-hydrogen) atoms. The molecule has 0 unspecified atom stereocenters. The molecule has 0 saturated heterocycles. The molecule has 1 aromatic carbocycles. The van der Waals surface area contributed by atoms with Crippen molar-refractivity contribution in [3.8, 4) is 0 Å². The molecular weight excluding hydrogens is 290 g/mol. The number of halogens is 3. The summed E-state index contributed by atoms with van der Waals surface area (Å²) in [7, 11) is 0. The summed E-state index contributed by atoms with van der Waals surface area (Å²) in [5, 5.41) is 8.86. The summed E-state index contributed by atoms with van der Waals surface area (Å²) in [5.74, 6) is -2.08. The molecule has 92 valence electrons. The summed E-state index contributed by atoms with van der Waals surface area (Å²) < 4.78 is 2.96. The average molecular weight is 298 g/mol. The zero-order chi connectivity index (χ0) is 13.1. The van der Waals surface area contributed by atoms with Gasteiger partial charge in [-0.15, -0.1) is 0 Å². The molecule has 0 heterocycles. The van der Waals surface area contributed by atoms with Gasteiger partial charge in [0.25, 0.3) is 0 Å². The highest BCUT2D eigenvalue weighted by atomic mass is 35.6. The van der Waals surface area contributed by atoms with Crippen molar-refractivity contribution >= 4 is 46.7 Å². The second kappa shape index (κ2) is 5.58. The molecule has 0 bridgehead atoms. The molecule has 0 radical (unpaired) electrons. The molecule has 0 spiro atoms. The summed E-state index contributed by atoms with van der Waals surface area (Å²) in [5.41, 5.74) is -0.254. The summed E-state index contributed by atoms with van der Waals surface area (Å²) in [6, 6.07) is 5.62. The van der Waals surface area contributed by atoms with E-state index >= 15 is 0 Å². The number of benzene rings is 1. The molecule has 0 aliphatic rings. The summed E-state index contributed by atoms with van der Waals surface area (Å²) in [6.45, 7) is -0.454. The van der Waals surface area contributed by atoms with E-state index in [9.17, 15) is 9.59 Å². The fourth-order valence-corrected chi connectivity index (χ4v) is 1.24. The summed E-state index contributed by atoms with van der Waals surface area (Å²) in [4.78, 5) is 22.4. The lowest BCUT2D eigenvalue weighted by Crippen LogP contribution is -2.19. The van der Waals surface area contributed by atoms with E-state index in [2.05, 4.69) is 4.74 Å². The Balaban J connectivity index is 2.86. The van der Waals surface area contributed by atoms with Crippen molar-refractivity contribution in [2.24, 2.45) is 0 Å². The first-order valence-electron chi connectivity index (χ1n) is 4.37. The molecule has 4 nitrogen and oxygen atoms in total. The van der Waals surface area contributed by atoms with Gasteiger partial charge in [-0.1, -0.05) is 46.9 Å². The van der Waals surface area contributed by atoms with E-state index in [0.29, 0.717) is 0 Å². The third kappa shape index (κ3) is 4.42. The van der Waals surface area contributed by atoms with Crippen LogP contribution in [0.15, 0.2) is 24.3 Å². The number of ether oxygens (including phenoxy) is 1. The number of carboxylic acid groups (broad SMARTS) is 1. The maximum absolute atomic E-state index is 11.6. The SMILES string of the molecule is O=C(O)c1ccccc1C(=O)OCC(Cl)(Cl)Cl. The first kappa shape index (κ1) is 14.1. The van der Waals surface area contributed by atoms with Gasteiger partial charge in [-0.2, -0.15) is 0 Å². The van der Waals surface area contributed by atoms with E-state index in [4.69, 9.17) is 39.9 Å². The van der Waals surface area contributed by atoms with E-state index in [1.807, 2.05) is 0 Å². The Hall–Kier alpha value is -0.970. The predicted molar refractivity (Wildman–Crippen MR) is 64.0 cm³/mol. The highest BCUT2D eigenvalue weighted by Crippen LogP contribution is 2.26. The molecule has 0 saturated carbocycles. The number of carboxylic acids is 1. The van der Waals surface area contributed by atoms with Crippen LogP contribution in [0.4, 0.5) is 0 Å². The number of hydrogen-bond donors (Lipinski definition) is 1. The van der Waals surface area contributed by atoms with Crippen molar-refractivity contribution in [1.82, 2.24) is 0 Å². The fraction of sp³-hybridized carbons (Fsp3) is 0.200. The quantitative estimate of drug-likeness (QED) is 0.688. The normalized spacial score (nSPS) is 11.0. The van der Waals surface area contributed by atoms with Gasteiger partial charge in [-0.25, -0.2) is 9.59 Å². The van der Waals surface area contributed by atoms with E-state index in [-0.39, 0.29) is 11.1 Å². The van der Waals surface area contributed by atoms with Gasteiger partial charge in [-0.3, -0.25) is 0 Å². The van der Waals surface area contributed by atoms with Crippen molar-refractivity contribution in [3.05, 3.63) is 35.4 Å². The van der Waals surface area contributed by atoms with Gasteiger partial charge < -0.3 is 9.84 Å². The van der Waals surface area contributed by atoms with E-state index in [1.54, 1.807) is 0 Å². The number of esters is 1. The monoisotopic (exact) mass is 296 g/mol. The molecule has 1 rings (SSSR count). The molecule has 7 heteroatoms. The zero-order valence-electron chi connectivity index (χ0n) is 8.32. The summed E-state index contributed by atoms with van der Waals surface area (Å²) in [6.07, 6.45) is 0. The number of carbonyl (C=O) groups is 2. The topological polar surface area (TPSA) is 63.6 Å². The average Bonchev–Trinajstić information content (AvgIpc) is 2.25. The third-order valence-electron chi connectivity index (χ3n) is 1.74. The second-order valence-corrected chi connectivity index (χ2v) is 5.56. The lowest BCUT2D eigenvalue weighted by molar-refractivity contribution is 0.0501. The molecule has 1 aromatic rings. The van der Waals surface area contributed by atoms with Crippen LogP contribution in [0.2, 0.25) is 0 Å². The molecule has 0 aliphatic heterocycles. The lowest BCUT2D eigenvalue weighted by atomic mass is 10.1. The largest absolute Gasteiger partial charge is 0.478 e. The fourth-order valence-electron chi connectivity index (χ4n) is 1.07. The minimum atomic E-state index is -1.73. The van der Waals surface area contributed by atoms with Crippen LogP contribution in [0, 0.1) is 0 Å². The van der Waals surface area contributed by atoms with E-state index in [1.165, 1.54) is 24.3 Å². The Kier molecular flexibility index (Phi) is 4.62. The molecule has 0 aromatic heterocycles. The van der Waals surface area contributed by atoms with Crippen LogP contribution in [0.1, 0.15) is 20.7 Å². The van der Waals surface area contributed by atoms with Gasteiger partial charge in [0.15, 0.2) is 0 Å². The molecule has 0 amide bonds. The molecule has 0 aliphatic carbocycles. The standard InChI is InChI=1S/C10H7Cl3O4/c11-10(12,13)5-17-9(16)7-4-2-1-3-6(7)8(14)15/h1-4H,5H2,(H,14,15). The third-order valence-corrected chi connectivity index (χ3v) is 2.07. The molecular formula is C10H7Cl3O4. The first-order valence-corrected chi connectivity index (χ1v) is 5.51. The lowest BCUT2D eigenvalue weighted by Gasteiger charge is -2.12. The van der Waals surface area contributed by atoms with Crippen molar-refractivity contribution in [2.75, 3.05) is 6.61 Å². The van der Waals surface area contributed by atoms with Crippen LogP contribution >= 0.6 is 34.8 Å². The minimum absolute atomic E-state index is 0.0887. The first-order chi connectivity index (χ1) is 7.81. The number of carbonyl (C=O) groups excluding carboxylic acids is 1.